The minimum absolute atomic E-state index is 0.0252. The Morgan fingerprint density at radius 3 is 2.34 bits per heavy atom. The van der Waals surface area contributed by atoms with E-state index in [4.69, 9.17) is 30.5 Å². The number of carbonyl (C=O) groups excluding carboxylic acids is 2. The average Bonchev–Trinajstić information content (AvgIpc) is 2.94. The summed E-state index contributed by atoms with van der Waals surface area (Å²) in [5, 5.41) is 11.4. The maximum atomic E-state index is 13.7. The fraction of sp³-hybridized carbons (Fsp3) is 0.259. The lowest BCUT2D eigenvalue weighted by Crippen LogP contribution is -2.42. The second-order valence-electron chi connectivity index (χ2n) is 8.42. The topological polar surface area (TPSA) is 117 Å². The number of nitrogens with zero attached hydrogens (tertiary/aromatic N) is 2. The summed E-state index contributed by atoms with van der Waals surface area (Å²) in [7, 11) is 4.37. The van der Waals surface area contributed by atoms with Gasteiger partial charge < -0.3 is 23.8 Å². The van der Waals surface area contributed by atoms with Crippen molar-refractivity contribution in [3.8, 4) is 17.2 Å². The molecule has 198 valence electrons. The molecule has 1 aliphatic rings. The van der Waals surface area contributed by atoms with Crippen LogP contribution in [0, 0.1) is 10.1 Å². The number of esters is 1. The van der Waals surface area contributed by atoms with E-state index in [1.807, 2.05) is 6.07 Å². The molecule has 0 aliphatic carbocycles. The average molecular weight is 541 g/mol. The van der Waals surface area contributed by atoms with Gasteiger partial charge in [0.1, 0.15) is 12.4 Å². The Kier molecular flexibility index (Phi) is 8.02. The highest BCUT2D eigenvalue weighted by molar-refractivity contribution is 6.34. The summed E-state index contributed by atoms with van der Waals surface area (Å²) in [5.41, 5.74) is 1.90. The number of amides is 1. The standard InChI is InChI=1S/C27H25ClN2O8/c1-35-24-12-17-10-11-29(26(31)21-13-18(30(33)34)6-9-22(21)28)23(20(17)14-25(24)36-2)15-38-19-7-4-16(5-8-19)27(32)37-3/h4-9,12-14,23H,10-11,15H2,1-3H3/t23-/m0/s1. The molecule has 38 heavy (non-hydrogen) atoms. The van der Waals surface area contributed by atoms with Crippen molar-refractivity contribution >= 4 is 29.2 Å². The van der Waals surface area contributed by atoms with Gasteiger partial charge in [0.15, 0.2) is 11.5 Å². The first kappa shape index (κ1) is 26.7. The van der Waals surface area contributed by atoms with Crippen LogP contribution in [-0.4, -0.2) is 56.2 Å². The maximum Gasteiger partial charge on any atom is 0.337 e. The van der Waals surface area contributed by atoms with E-state index in [1.165, 1.54) is 32.4 Å². The molecule has 0 unspecified atom stereocenters. The van der Waals surface area contributed by atoms with E-state index in [2.05, 4.69) is 0 Å². The first-order valence-electron chi connectivity index (χ1n) is 11.6. The predicted octanol–water partition coefficient (Wildman–Crippen LogP) is 4.87. The van der Waals surface area contributed by atoms with E-state index >= 15 is 0 Å². The molecule has 1 heterocycles. The zero-order valence-corrected chi connectivity index (χ0v) is 21.7. The Bertz CT molecular complexity index is 1380. The van der Waals surface area contributed by atoms with Crippen molar-refractivity contribution in [3.05, 3.63) is 92.0 Å². The first-order valence-corrected chi connectivity index (χ1v) is 12.0. The fourth-order valence-electron chi connectivity index (χ4n) is 4.38. The minimum atomic E-state index is -0.582. The summed E-state index contributed by atoms with van der Waals surface area (Å²) in [4.78, 5) is 37.8. The number of benzene rings is 3. The SMILES string of the molecule is COC(=O)c1ccc(OC[C@H]2c3cc(OC)c(OC)cc3CCN2C(=O)c2cc([N+](=O)[O-])ccc2Cl)cc1. The van der Waals surface area contributed by atoms with Crippen LogP contribution in [-0.2, 0) is 11.2 Å². The molecule has 10 nitrogen and oxygen atoms in total. The molecule has 0 spiro atoms. The van der Waals surface area contributed by atoms with Crippen LogP contribution < -0.4 is 14.2 Å². The van der Waals surface area contributed by atoms with Crippen molar-refractivity contribution in [1.82, 2.24) is 4.90 Å². The number of ether oxygens (including phenoxy) is 4. The van der Waals surface area contributed by atoms with Gasteiger partial charge in [-0.1, -0.05) is 11.6 Å². The van der Waals surface area contributed by atoms with Crippen molar-refractivity contribution in [1.29, 1.82) is 0 Å². The van der Waals surface area contributed by atoms with Crippen molar-refractivity contribution in [3.63, 3.8) is 0 Å². The summed E-state index contributed by atoms with van der Waals surface area (Å²) >= 11 is 6.30. The summed E-state index contributed by atoms with van der Waals surface area (Å²) in [6.07, 6.45) is 0.512. The normalized spacial score (nSPS) is 14.3. The molecular weight excluding hydrogens is 516 g/mol. The minimum Gasteiger partial charge on any atom is -0.493 e. The van der Waals surface area contributed by atoms with E-state index in [9.17, 15) is 19.7 Å². The molecule has 3 aromatic carbocycles. The number of hydrogen-bond acceptors (Lipinski definition) is 8. The number of fused-ring (bicyclic) bond motifs is 1. The summed E-state index contributed by atoms with van der Waals surface area (Å²) in [6.45, 7) is 0.369. The molecule has 0 N–H and O–H groups in total. The second kappa shape index (κ2) is 11.4. The largest absolute Gasteiger partial charge is 0.493 e. The van der Waals surface area contributed by atoms with Gasteiger partial charge in [-0.2, -0.15) is 0 Å². The molecule has 0 fully saturated rings. The lowest BCUT2D eigenvalue weighted by atomic mass is 9.91. The van der Waals surface area contributed by atoms with Crippen LogP contribution in [0.25, 0.3) is 0 Å². The molecule has 4 rings (SSSR count). The Hall–Kier alpha value is -4.31. The lowest BCUT2D eigenvalue weighted by Gasteiger charge is -2.37. The molecule has 0 bridgehead atoms. The number of carbonyl (C=O) groups is 2. The van der Waals surface area contributed by atoms with Gasteiger partial charge in [-0.15, -0.1) is 0 Å². The van der Waals surface area contributed by atoms with Gasteiger partial charge in [-0.05, 0) is 60.0 Å². The summed E-state index contributed by atoms with van der Waals surface area (Å²) < 4.78 is 21.7. The smallest absolute Gasteiger partial charge is 0.337 e. The fourth-order valence-corrected chi connectivity index (χ4v) is 4.58. The Morgan fingerprint density at radius 1 is 1.03 bits per heavy atom. The van der Waals surface area contributed by atoms with Gasteiger partial charge in [-0.25, -0.2) is 4.79 Å². The Morgan fingerprint density at radius 2 is 1.71 bits per heavy atom. The van der Waals surface area contributed by atoms with Crippen LogP contribution in [0.3, 0.4) is 0 Å². The number of nitro groups is 1. The maximum absolute atomic E-state index is 13.7. The van der Waals surface area contributed by atoms with E-state index in [1.54, 1.807) is 42.3 Å². The summed E-state index contributed by atoms with van der Waals surface area (Å²) in [6, 6.07) is 13.3. The molecule has 1 aliphatic heterocycles. The van der Waals surface area contributed by atoms with Crippen LogP contribution in [0.15, 0.2) is 54.6 Å². The van der Waals surface area contributed by atoms with Gasteiger partial charge in [-0.3, -0.25) is 14.9 Å². The molecule has 1 amide bonds. The van der Waals surface area contributed by atoms with E-state index < -0.39 is 22.8 Å². The molecule has 3 aromatic rings. The third-order valence-corrected chi connectivity index (χ3v) is 6.67. The highest BCUT2D eigenvalue weighted by Gasteiger charge is 2.34. The second-order valence-corrected chi connectivity index (χ2v) is 8.83. The van der Waals surface area contributed by atoms with E-state index in [0.29, 0.717) is 35.8 Å². The highest BCUT2D eigenvalue weighted by atomic mass is 35.5. The number of nitro benzene ring substituents is 1. The van der Waals surface area contributed by atoms with Gasteiger partial charge in [0, 0.05) is 18.7 Å². The summed E-state index contributed by atoms with van der Waals surface area (Å²) in [5.74, 6) is 0.594. The van der Waals surface area contributed by atoms with Gasteiger partial charge in [0.25, 0.3) is 11.6 Å². The number of non-ortho nitro benzene ring substituents is 1. The molecular formula is C27H25ClN2O8. The van der Waals surface area contributed by atoms with Crippen molar-refractivity contribution < 1.29 is 33.5 Å². The van der Waals surface area contributed by atoms with Gasteiger partial charge >= 0.3 is 5.97 Å². The molecule has 0 saturated heterocycles. The molecule has 11 heteroatoms. The Balaban J connectivity index is 1.71. The number of rotatable bonds is 8. The van der Waals surface area contributed by atoms with Gasteiger partial charge in [0.05, 0.1) is 48.4 Å². The van der Waals surface area contributed by atoms with Crippen LogP contribution in [0.5, 0.6) is 17.2 Å². The number of methoxy groups -OCH3 is 3. The number of halogens is 1. The third kappa shape index (κ3) is 5.35. The number of hydrogen-bond donors (Lipinski definition) is 0. The van der Waals surface area contributed by atoms with E-state index in [-0.39, 0.29) is 22.9 Å². The molecule has 0 radical (unpaired) electrons. The first-order chi connectivity index (χ1) is 18.3. The van der Waals surface area contributed by atoms with E-state index in [0.717, 1.165) is 11.1 Å². The molecule has 1 atom stereocenters. The molecule has 0 saturated carbocycles. The highest BCUT2D eigenvalue weighted by Crippen LogP contribution is 2.39. The van der Waals surface area contributed by atoms with Crippen molar-refractivity contribution in [2.24, 2.45) is 0 Å². The Labute approximate surface area is 223 Å². The van der Waals surface area contributed by atoms with Crippen LogP contribution in [0.4, 0.5) is 5.69 Å². The van der Waals surface area contributed by atoms with Crippen LogP contribution >= 0.6 is 11.6 Å². The predicted molar refractivity (Wildman–Crippen MR) is 138 cm³/mol. The zero-order chi connectivity index (χ0) is 27.4. The molecule has 0 aromatic heterocycles. The van der Waals surface area contributed by atoms with Crippen molar-refractivity contribution in [2.75, 3.05) is 34.5 Å². The van der Waals surface area contributed by atoms with Crippen LogP contribution in [0.1, 0.15) is 37.9 Å². The van der Waals surface area contributed by atoms with Gasteiger partial charge in [0.2, 0.25) is 0 Å². The lowest BCUT2D eigenvalue weighted by molar-refractivity contribution is -0.384. The zero-order valence-electron chi connectivity index (χ0n) is 20.9. The van der Waals surface area contributed by atoms with Crippen molar-refractivity contribution in [2.45, 2.75) is 12.5 Å². The quantitative estimate of drug-likeness (QED) is 0.225. The third-order valence-electron chi connectivity index (χ3n) is 6.34. The van der Waals surface area contributed by atoms with Crippen LogP contribution in [0.2, 0.25) is 5.02 Å². The monoisotopic (exact) mass is 540 g/mol.